The Morgan fingerprint density at radius 2 is 2.04 bits per heavy atom. The number of amides is 1. The van der Waals surface area contributed by atoms with Crippen LogP contribution in [-0.4, -0.2) is 22.2 Å². The topological polar surface area (TPSA) is 56.1 Å². The Labute approximate surface area is 151 Å². The van der Waals surface area contributed by atoms with Crippen LogP contribution in [0.1, 0.15) is 26.4 Å². The number of aryl methyl sites for hydroxylation is 2. The molecule has 0 aliphatic rings. The Balaban J connectivity index is 1.50. The van der Waals surface area contributed by atoms with E-state index in [1.807, 2.05) is 35.8 Å². The van der Waals surface area contributed by atoms with E-state index in [0.29, 0.717) is 24.6 Å². The van der Waals surface area contributed by atoms with E-state index in [1.54, 1.807) is 10.9 Å². The van der Waals surface area contributed by atoms with Crippen LogP contribution in [0.25, 0.3) is 0 Å². The first-order valence-corrected chi connectivity index (χ1v) is 9.02. The number of benzene rings is 1. The SMILES string of the molecule is Cc1cc(C)cc(OCc2csc(C(=O)NCCn3cccn3)c2)c1. The van der Waals surface area contributed by atoms with Gasteiger partial charge in [-0.1, -0.05) is 6.07 Å². The lowest BCUT2D eigenvalue weighted by atomic mass is 10.1. The number of hydrogen-bond donors (Lipinski definition) is 1. The highest BCUT2D eigenvalue weighted by molar-refractivity contribution is 7.12. The second-order valence-electron chi connectivity index (χ2n) is 5.96. The molecule has 6 heteroatoms. The van der Waals surface area contributed by atoms with Crippen LogP contribution >= 0.6 is 11.3 Å². The van der Waals surface area contributed by atoms with Crippen LogP contribution in [0.15, 0.2) is 48.1 Å². The Kier molecular flexibility index (Phi) is 5.50. The average Bonchev–Trinajstić information content (AvgIpc) is 3.24. The third-order valence-electron chi connectivity index (χ3n) is 3.66. The second kappa shape index (κ2) is 7.98. The maximum Gasteiger partial charge on any atom is 0.261 e. The molecule has 0 aliphatic carbocycles. The van der Waals surface area contributed by atoms with Crippen LogP contribution in [0.4, 0.5) is 0 Å². The van der Waals surface area contributed by atoms with Crippen molar-refractivity contribution in [3.63, 3.8) is 0 Å². The molecule has 25 heavy (non-hydrogen) atoms. The van der Waals surface area contributed by atoms with Gasteiger partial charge in [0.25, 0.3) is 5.91 Å². The number of rotatable bonds is 7. The molecule has 0 atom stereocenters. The fraction of sp³-hybridized carbons (Fsp3) is 0.263. The zero-order valence-electron chi connectivity index (χ0n) is 14.4. The van der Waals surface area contributed by atoms with E-state index in [0.717, 1.165) is 11.3 Å². The van der Waals surface area contributed by atoms with E-state index in [9.17, 15) is 4.79 Å². The van der Waals surface area contributed by atoms with Gasteiger partial charge in [-0.25, -0.2) is 0 Å². The zero-order chi connectivity index (χ0) is 17.6. The molecule has 1 N–H and O–H groups in total. The third kappa shape index (κ3) is 4.93. The van der Waals surface area contributed by atoms with Gasteiger partial charge in [0, 0.05) is 24.5 Å². The van der Waals surface area contributed by atoms with Crippen molar-refractivity contribution in [2.75, 3.05) is 6.54 Å². The van der Waals surface area contributed by atoms with Crippen molar-refractivity contribution >= 4 is 17.2 Å². The van der Waals surface area contributed by atoms with Gasteiger partial charge in [-0.2, -0.15) is 5.10 Å². The van der Waals surface area contributed by atoms with Crippen molar-refractivity contribution in [2.45, 2.75) is 27.0 Å². The lowest BCUT2D eigenvalue weighted by molar-refractivity contribution is 0.0956. The molecule has 1 aromatic carbocycles. The van der Waals surface area contributed by atoms with Gasteiger partial charge in [-0.05, 0) is 54.6 Å². The number of ether oxygens (including phenoxy) is 1. The number of carbonyl (C=O) groups is 1. The van der Waals surface area contributed by atoms with Crippen LogP contribution in [0.2, 0.25) is 0 Å². The first kappa shape index (κ1) is 17.2. The average molecular weight is 355 g/mol. The number of carbonyl (C=O) groups excluding carboxylic acids is 1. The largest absolute Gasteiger partial charge is 0.489 e. The van der Waals surface area contributed by atoms with Crippen molar-refractivity contribution in [3.8, 4) is 5.75 Å². The van der Waals surface area contributed by atoms with Crippen LogP contribution < -0.4 is 10.1 Å². The highest BCUT2D eigenvalue weighted by atomic mass is 32.1. The minimum absolute atomic E-state index is 0.0604. The van der Waals surface area contributed by atoms with Crippen molar-refractivity contribution in [3.05, 3.63) is 69.7 Å². The summed E-state index contributed by atoms with van der Waals surface area (Å²) in [5.74, 6) is 0.795. The van der Waals surface area contributed by atoms with E-state index < -0.39 is 0 Å². The van der Waals surface area contributed by atoms with Gasteiger partial charge < -0.3 is 10.1 Å². The summed E-state index contributed by atoms with van der Waals surface area (Å²) in [4.78, 5) is 12.9. The number of nitrogens with one attached hydrogen (secondary N) is 1. The van der Waals surface area contributed by atoms with Crippen LogP contribution in [0.3, 0.4) is 0 Å². The van der Waals surface area contributed by atoms with Crippen LogP contribution in [0.5, 0.6) is 5.75 Å². The molecule has 0 fully saturated rings. The molecule has 0 bridgehead atoms. The van der Waals surface area contributed by atoms with Crippen molar-refractivity contribution in [1.29, 1.82) is 0 Å². The highest BCUT2D eigenvalue weighted by Crippen LogP contribution is 2.20. The normalized spacial score (nSPS) is 10.6. The van der Waals surface area contributed by atoms with Crippen molar-refractivity contribution in [2.24, 2.45) is 0 Å². The van der Waals surface area contributed by atoms with Gasteiger partial charge in [0.15, 0.2) is 0 Å². The Morgan fingerprint density at radius 1 is 1.24 bits per heavy atom. The maximum atomic E-state index is 12.2. The summed E-state index contributed by atoms with van der Waals surface area (Å²) in [7, 11) is 0. The summed E-state index contributed by atoms with van der Waals surface area (Å²) in [5.41, 5.74) is 3.36. The number of thiophene rings is 1. The van der Waals surface area contributed by atoms with Gasteiger partial charge in [0.2, 0.25) is 0 Å². The predicted octanol–water partition coefficient (Wildman–Crippen LogP) is 3.57. The third-order valence-corrected chi connectivity index (χ3v) is 4.64. The fourth-order valence-corrected chi connectivity index (χ4v) is 3.37. The minimum Gasteiger partial charge on any atom is -0.489 e. The highest BCUT2D eigenvalue weighted by Gasteiger charge is 2.09. The zero-order valence-corrected chi connectivity index (χ0v) is 15.2. The Hall–Kier alpha value is -2.60. The summed E-state index contributed by atoms with van der Waals surface area (Å²) in [5, 5.41) is 8.98. The predicted molar refractivity (Wildman–Crippen MR) is 99.1 cm³/mol. The Morgan fingerprint density at radius 3 is 2.76 bits per heavy atom. The number of aromatic nitrogens is 2. The number of nitrogens with zero attached hydrogens (tertiary/aromatic N) is 2. The summed E-state index contributed by atoms with van der Waals surface area (Å²) in [6.45, 7) is 5.77. The van der Waals surface area contributed by atoms with Gasteiger partial charge in [-0.3, -0.25) is 9.48 Å². The molecule has 130 valence electrons. The molecule has 2 aromatic heterocycles. The quantitative estimate of drug-likeness (QED) is 0.705. The van der Waals surface area contributed by atoms with Crippen molar-refractivity contribution in [1.82, 2.24) is 15.1 Å². The second-order valence-corrected chi connectivity index (χ2v) is 6.87. The summed E-state index contributed by atoms with van der Waals surface area (Å²) >= 11 is 1.43. The first-order chi connectivity index (χ1) is 12.1. The van der Waals surface area contributed by atoms with Crippen LogP contribution in [0, 0.1) is 13.8 Å². The van der Waals surface area contributed by atoms with Gasteiger partial charge in [-0.15, -0.1) is 11.3 Å². The van der Waals surface area contributed by atoms with Gasteiger partial charge >= 0.3 is 0 Å². The molecular weight excluding hydrogens is 334 g/mol. The Bertz CT molecular complexity index is 820. The van der Waals surface area contributed by atoms with E-state index in [2.05, 4.69) is 30.3 Å². The molecule has 3 rings (SSSR count). The molecule has 0 saturated carbocycles. The van der Waals surface area contributed by atoms with Crippen LogP contribution in [-0.2, 0) is 13.2 Å². The fourth-order valence-electron chi connectivity index (χ4n) is 2.56. The first-order valence-electron chi connectivity index (χ1n) is 8.14. The molecule has 5 nitrogen and oxygen atoms in total. The van der Waals surface area contributed by atoms with Gasteiger partial charge in [0.05, 0.1) is 11.4 Å². The molecule has 3 aromatic rings. The molecule has 1 amide bonds. The summed E-state index contributed by atoms with van der Waals surface area (Å²) in [6, 6.07) is 9.90. The summed E-state index contributed by atoms with van der Waals surface area (Å²) in [6.07, 6.45) is 3.60. The molecule has 2 heterocycles. The molecule has 0 saturated heterocycles. The smallest absolute Gasteiger partial charge is 0.261 e. The van der Waals surface area contributed by atoms with Gasteiger partial charge in [0.1, 0.15) is 12.4 Å². The van der Waals surface area contributed by atoms with E-state index in [-0.39, 0.29) is 5.91 Å². The van der Waals surface area contributed by atoms with E-state index in [1.165, 1.54) is 22.5 Å². The van der Waals surface area contributed by atoms with E-state index in [4.69, 9.17) is 4.74 Å². The molecule has 0 aliphatic heterocycles. The van der Waals surface area contributed by atoms with Crippen molar-refractivity contribution < 1.29 is 9.53 Å². The standard InChI is InChI=1S/C19H21N3O2S/c1-14-8-15(2)10-17(9-14)24-12-16-11-18(25-13-16)19(23)20-5-7-22-6-3-4-21-22/h3-4,6,8-11,13H,5,7,12H2,1-2H3,(H,20,23). The molecule has 0 unspecified atom stereocenters. The summed E-state index contributed by atoms with van der Waals surface area (Å²) < 4.78 is 7.63. The molecule has 0 spiro atoms. The maximum absolute atomic E-state index is 12.2. The van der Waals surface area contributed by atoms with E-state index >= 15 is 0 Å². The monoisotopic (exact) mass is 355 g/mol. The lowest BCUT2D eigenvalue weighted by Gasteiger charge is -2.07. The lowest BCUT2D eigenvalue weighted by Crippen LogP contribution is -2.26. The molecule has 0 radical (unpaired) electrons. The molecular formula is C19H21N3O2S. The minimum atomic E-state index is -0.0604. The number of hydrogen-bond acceptors (Lipinski definition) is 4.